The van der Waals surface area contributed by atoms with Crippen LogP contribution in [-0.2, 0) is 27.7 Å². The molecule has 0 aromatic heterocycles. The van der Waals surface area contributed by atoms with E-state index in [4.69, 9.17) is 0 Å². The zero-order valence-corrected chi connectivity index (χ0v) is 21.3. The smallest absolute Gasteiger partial charge is 1.00 e. The zero-order chi connectivity index (χ0) is 18.4. The third-order valence-electron chi connectivity index (χ3n) is 6.49. The molecule has 1 fully saturated rings. The van der Waals surface area contributed by atoms with E-state index < -0.39 is 21.3 Å². The topological polar surface area (TPSA) is 0 Å². The summed E-state index contributed by atoms with van der Waals surface area (Å²) in [5.74, 6) is 0. The summed E-state index contributed by atoms with van der Waals surface area (Å²) in [4.78, 5) is 0. The molecule has 0 heterocycles. The first-order valence-electron chi connectivity index (χ1n) is 10.5. The summed E-state index contributed by atoms with van der Waals surface area (Å²) in [7, 11) is 0. The van der Waals surface area contributed by atoms with Gasteiger partial charge in [0.2, 0.25) is 0 Å². The number of benzene rings is 2. The second kappa shape index (κ2) is 9.59. The van der Waals surface area contributed by atoms with Gasteiger partial charge in [-0.2, -0.15) is 0 Å². The third kappa shape index (κ3) is 4.34. The first-order chi connectivity index (χ1) is 13.2. The minimum Gasteiger partial charge on any atom is -1.00 e. The molecule has 3 aliphatic carbocycles. The van der Waals surface area contributed by atoms with Crippen molar-refractivity contribution in [3.63, 3.8) is 0 Å². The SMILES string of the molecule is Cc1ccc2c(c1)-c1cc(C)c[c]([Zr+2]([C]3=CC=CC3)=[C]3CCCCC3)c1C2.[Cl-].[Cl-]. The van der Waals surface area contributed by atoms with Crippen molar-refractivity contribution >= 4 is 6.48 Å². The van der Waals surface area contributed by atoms with Crippen LogP contribution < -0.4 is 28.1 Å². The molecule has 0 spiro atoms. The predicted molar refractivity (Wildman–Crippen MR) is 114 cm³/mol. The minimum absolute atomic E-state index is 0. The molecule has 0 nitrogen and oxygen atoms in total. The first-order valence-corrected chi connectivity index (χ1v) is 14.2. The van der Waals surface area contributed by atoms with E-state index in [1.165, 1.54) is 60.8 Å². The minimum atomic E-state index is -1.96. The average molecular weight is 503 g/mol. The Hall–Kier alpha value is -0.747. The molecular weight excluding hydrogens is 474 g/mol. The number of rotatable bonds is 2. The Bertz CT molecular complexity index is 1020. The molecular formula is C26H28Cl2Zr. The van der Waals surface area contributed by atoms with Crippen molar-refractivity contribution in [2.75, 3.05) is 0 Å². The van der Waals surface area contributed by atoms with Gasteiger partial charge in [-0.05, 0) is 0 Å². The Kier molecular flexibility index (Phi) is 7.58. The van der Waals surface area contributed by atoms with Crippen molar-refractivity contribution in [1.82, 2.24) is 0 Å². The Balaban J connectivity index is 0.00000120. The fraction of sp³-hybridized carbons (Fsp3) is 0.346. The van der Waals surface area contributed by atoms with Crippen molar-refractivity contribution in [1.29, 1.82) is 0 Å². The van der Waals surface area contributed by atoms with Gasteiger partial charge < -0.3 is 24.8 Å². The molecule has 0 N–H and O–H groups in total. The van der Waals surface area contributed by atoms with Crippen molar-refractivity contribution in [2.24, 2.45) is 0 Å². The molecule has 1 saturated carbocycles. The number of fused-ring (bicyclic) bond motifs is 3. The molecule has 2 aromatic rings. The number of hydrogen-bond donors (Lipinski definition) is 0. The van der Waals surface area contributed by atoms with E-state index in [-0.39, 0.29) is 24.8 Å². The van der Waals surface area contributed by atoms with Crippen molar-refractivity contribution < 1.29 is 46.1 Å². The van der Waals surface area contributed by atoms with Crippen molar-refractivity contribution in [3.05, 3.63) is 74.1 Å². The summed E-state index contributed by atoms with van der Waals surface area (Å²) >= 11 is -1.96. The van der Waals surface area contributed by atoms with Gasteiger partial charge in [-0.3, -0.25) is 0 Å². The van der Waals surface area contributed by atoms with E-state index in [1.54, 1.807) is 14.4 Å². The molecule has 0 aliphatic heterocycles. The van der Waals surface area contributed by atoms with E-state index in [1.807, 2.05) is 6.49 Å². The molecule has 0 radical (unpaired) electrons. The second-order valence-electron chi connectivity index (χ2n) is 8.54. The molecule has 5 rings (SSSR count). The standard InChI is InChI=1S/C15H13.C6H10.C5H5.2ClH.Zr/c1-10-3-5-12-9-13-6-4-11(2)8-15(13)14(12)7-10;1-2-4-6-5-3-1;1-2-4-5-3-1;;;/h3-5,7-8H,9H2,1-2H3;1-5H2;1-3H,4H2;2*1H;/q;;;;;+2/p-2. The monoisotopic (exact) mass is 500 g/mol. The van der Waals surface area contributed by atoms with Crippen molar-refractivity contribution in [2.45, 2.75) is 58.8 Å². The van der Waals surface area contributed by atoms with Gasteiger partial charge in [-0.15, -0.1) is 0 Å². The second-order valence-corrected chi connectivity index (χ2v) is 15.0. The van der Waals surface area contributed by atoms with Crippen LogP contribution in [0.25, 0.3) is 11.1 Å². The third-order valence-corrected chi connectivity index (χ3v) is 14.4. The molecule has 0 saturated heterocycles. The van der Waals surface area contributed by atoms with Crippen LogP contribution in [0.5, 0.6) is 0 Å². The average Bonchev–Trinajstić information content (AvgIpc) is 3.31. The van der Waals surface area contributed by atoms with Crippen LogP contribution in [0.2, 0.25) is 0 Å². The molecule has 3 heteroatoms. The molecule has 0 amide bonds. The first kappa shape index (κ1) is 22.9. The summed E-state index contributed by atoms with van der Waals surface area (Å²) in [6, 6.07) is 12.1. The molecule has 0 bridgehead atoms. The van der Waals surface area contributed by atoms with Gasteiger partial charge in [0.1, 0.15) is 0 Å². The van der Waals surface area contributed by atoms with Crippen LogP contribution in [0.3, 0.4) is 0 Å². The summed E-state index contributed by atoms with van der Waals surface area (Å²) in [5.41, 5.74) is 9.11. The number of aryl methyl sites for hydroxylation is 2. The van der Waals surface area contributed by atoms with E-state index in [9.17, 15) is 0 Å². The van der Waals surface area contributed by atoms with E-state index in [2.05, 4.69) is 62.4 Å². The zero-order valence-electron chi connectivity index (χ0n) is 17.3. The Morgan fingerprint density at radius 1 is 0.828 bits per heavy atom. The molecule has 29 heavy (non-hydrogen) atoms. The van der Waals surface area contributed by atoms with Crippen LogP contribution in [0.1, 0.15) is 60.8 Å². The van der Waals surface area contributed by atoms with Crippen LogP contribution in [0.4, 0.5) is 0 Å². The summed E-state index contributed by atoms with van der Waals surface area (Å²) < 4.78 is 5.60. The van der Waals surface area contributed by atoms with Gasteiger partial charge in [0, 0.05) is 0 Å². The Labute approximate surface area is 195 Å². The quantitative estimate of drug-likeness (QED) is 0.467. The van der Waals surface area contributed by atoms with Crippen LogP contribution in [-0.4, -0.2) is 3.21 Å². The maximum Gasteiger partial charge on any atom is -1.00 e. The summed E-state index contributed by atoms with van der Waals surface area (Å²) in [6.07, 6.45) is 16.6. The molecule has 0 atom stereocenters. The van der Waals surface area contributed by atoms with Gasteiger partial charge in [0.25, 0.3) is 0 Å². The molecule has 2 aromatic carbocycles. The fourth-order valence-corrected chi connectivity index (χ4v) is 13.9. The van der Waals surface area contributed by atoms with E-state index in [0.717, 1.165) is 6.42 Å². The number of halogens is 2. The van der Waals surface area contributed by atoms with E-state index >= 15 is 0 Å². The Morgan fingerprint density at radius 2 is 1.59 bits per heavy atom. The van der Waals surface area contributed by atoms with Gasteiger partial charge in [-0.25, -0.2) is 0 Å². The van der Waals surface area contributed by atoms with Crippen LogP contribution in [0, 0.1) is 13.8 Å². The molecule has 3 aliphatic rings. The fourth-order valence-electron chi connectivity index (χ4n) is 5.21. The van der Waals surface area contributed by atoms with Gasteiger partial charge >= 0.3 is 172 Å². The van der Waals surface area contributed by atoms with Crippen molar-refractivity contribution in [3.8, 4) is 11.1 Å². The van der Waals surface area contributed by atoms with E-state index in [0.29, 0.717) is 0 Å². The Morgan fingerprint density at radius 3 is 2.31 bits per heavy atom. The van der Waals surface area contributed by atoms with Gasteiger partial charge in [-0.1, -0.05) is 0 Å². The molecule has 0 unspecified atom stereocenters. The van der Waals surface area contributed by atoms with Gasteiger partial charge in [0.05, 0.1) is 0 Å². The van der Waals surface area contributed by atoms with Crippen LogP contribution >= 0.6 is 0 Å². The molecule has 150 valence electrons. The maximum absolute atomic E-state index is 2.59. The predicted octanol–water partition coefficient (Wildman–Crippen LogP) is 0.106. The summed E-state index contributed by atoms with van der Waals surface area (Å²) in [6.45, 7) is 4.54. The number of allylic oxidation sites excluding steroid dienone is 4. The number of hydrogen-bond acceptors (Lipinski definition) is 0. The van der Waals surface area contributed by atoms with Crippen LogP contribution in [0.15, 0.2) is 51.8 Å². The summed E-state index contributed by atoms with van der Waals surface area (Å²) in [5, 5.41) is 0. The normalized spacial score (nSPS) is 16.2. The largest absolute Gasteiger partial charge is 1.00 e. The van der Waals surface area contributed by atoms with Gasteiger partial charge in [0.15, 0.2) is 0 Å². The maximum atomic E-state index is 2.59.